The number of nitrogens with zero attached hydrogens (tertiary/aromatic N) is 2. The number of hydrogen-bond donors (Lipinski definition) is 0. The number of nitro groups is 1. The largest absolute Gasteiger partial charge is 0.493 e. The summed E-state index contributed by atoms with van der Waals surface area (Å²) < 4.78 is 32.9. The van der Waals surface area contributed by atoms with Gasteiger partial charge in [0.05, 0.1) is 39.2 Å². The van der Waals surface area contributed by atoms with Gasteiger partial charge in [0.15, 0.2) is 29.1 Å². The van der Waals surface area contributed by atoms with E-state index in [1.54, 1.807) is 43.3 Å². The molecule has 0 radical (unpaired) electrons. The third-order valence-electron chi connectivity index (χ3n) is 6.29. The molecule has 0 saturated heterocycles. The predicted octanol–water partition coefficient (Wildman–Crippen LogP) is 4.04. The van der Waals surface area contributed by atoms with Crippen LogP contribution in [0, 0.1) is 21.4 Å². The molecule has 0 amide bonds. The third-order valence-corrected chi connectivity index (χ3v) is 6.29. The Kier molecular flexibility index (Phi) is 8.65. The Morgan fingerprint density at radius 1 is 1.14 bits per heavy atom. The minimum atomic E-state index is -1.33. The van der Waals surface area contributed by atoms with E-state index in [0.29, 0.717) is 34.3 Å². The Balaban J connectivity index is 1.84. The van der Waals surface area contributed by atoms with Crippen molar-refractivity contribution in [3.8, 4) is 34.8 Å². The smallest absolute Gasteiger partial charge is 0.303 e. The molecule has 3 unspecified atom stereocenters. The summed E-state index contributed by atoms with van der Waals surface area (Å²) in [5.41, 5.74) is -0.565. The maximum atomic E-state index is 12.1. The monoisotopic (exact) mass is 514 g/mol. The number of fused-ring (bicyclic) bond motifs is 1. The summed E-state index contributed by atoms with van der Waals surface area (Å²) in [5.74, 6) is 1.41. The van der Waals surface area contributed by atoms with Crippen molar-refractivity contribution in [1.82, 2.24) is 0 Å². The second-order valence-corrected chi connectivity index (χ2v) is 8.74. The molecule has 3 rings (SSSR count). The van der Waals surface area contributed by atoms with Gasteiger partial charge in [-0.25, -0.2) is 0 Å². The quantitative estimate of drug-likeness (QED) is 0.232. The highest BCUT2D eigenvalue weighted by Gasteiger charge is 2.41. The van der Waals surface area contributed by atoms with Gasteiger partial charge in [-0.1, -0.05) is 12.1 Å². The average molecular weight is 515 g/mol. The van der Waals surface area contributed by atoms with Crippen molar-refractivity contribution < 1.29 is 38.1 Å². The first-order valence-corrected chi connectivity index (χ1v) is 11.6. The zero-order valence-electron chi connectivity index (χ0n) is 21.4. The van der Waals surface area contributed by atoms with Crippen LogP contribution in [0.2, 0.25) is 0 Å². The Hall–Kier alpha value is -4.20. The highest BCUT2D eigenvalue weighted by Crippen LogP contribution is 2.43. The van der Waals surface area contributed by atoms with E-state index >= 15 is 0 Å². The van der Waals surface area contributed by atoms with Crippen LogP contribution >= 0.6 is 0 Å². The lowest BCUT2D eigenvalue weighted by atomic mass is 9.78. The Morgan fingerprint density at radius 3 is 2.14 bits per heavy atom. The molecule has 2 aromatic carbocycles. The molecule has 2 aromatic rings. The first kappa shape index (κ1) is 27.4. The molecule has 1 aliphatic heterocycles. The van der Waals surface area contributed by atoms with Crippen LogP contribution in [-0.4, -0.2) is 50.7 Å². The van der Waals surface area contributed by atoms with Gasteiger partial charge >= 0.3 is 5.97 Å². The van der Waals surface area contributed by atoms with Crippen molar-refractivity contribution in [3.05, 3.63) is 52.1 Å². The van der Waals surface area contributed by atoms with Gasteiger partial charge < -0.3 is 28.4 Å². The Morgan fingerprint density at radius 2 is 1.70 bits per heavy atom. The molecular formula is C26H30N2O9. The number of nitriles is 1. The number of esters is 1. The SMILES string of the molecule is COc1cc(C(C)(C#N)CCC(OC(C)=O)C(CC2Oc3ccccc3O2)[N+](=O)[O-])cc(OC)c1OC. The van der Waals surface area contributed by atoms with Crippen LogP contribution < -0.4 is 23.7 Å². The number of para-hydroxylation sites is 2. The fourth-order valence-corrected chi connectivity index (χ4v) is 4.26. The van der Waals surface area contributed by atoms with E-state index in [0.717, 1.165) is 0 Å². The molecule has 0 bridgehead atoms. The maximum absolute atomic E-state index is 12.1. The lowest BCUT2D eigenvalue weighted by Crippen LogP contribution is -2.42. The maximum Gasteiger partial charge on any atom is 0.303 e. The minimum absolute atomic E-state index is 0.0333. The summed E-state index contributed by atoms with van der Waals surface area (Å²) in [5, 5.41) is 22.2. The van der Waals surface area contributed by atoms with Crippen LogP contribution in [0.25, 0.3) is 0 Å². The lowest BCUT2D eigenvalue weighted by molar-refractivity contribution is -0.537. The van der Waals surface area contributed by atoms with Gasteiger partial charge in [0.25, 0.3) is 6.04 Å². The highest BCUT2D eigenvalue weighted by molar-refractivity contribution is 5.66. The van der Waals surface area contributed by atoms with Gasteiger partial charge in [0, 0.05) is 11.8 Å². The van der Waals surface area contributed by atoms with Gasteiger partial charge in [-0.05, 0) is 49.6 Å². The van der Waals surface area contributed by atoms with Crippen LogP contribution in [0.15, 0.2) is 36.4 Å². The molecule has 1 heterocycles. The van der Waals surface area contributed by atoms with Crippen LogP contribution in [0.5, 0.6) is 28.7 Å². The van der Waals surface area contributed by atoms with E-state index in [-0.39, 0.29) is 19.3 Å². The first-order valence-electron chi connectivity index (χ1n) is 11.6. The Bertz CT molecular complexity index is 1130. The molecule has 0 aromatic heterocycles. The number of methoxy groups -OCH3 is 3. The molecule has 3 atom stereocenters. The molecular weight excluding hydrogens is 484 g/mol. The normalized spacial score (nSPS) is 15.6. The van der Waals surface area contributed by atoms with Crippen molar-refractivity contribution in [1.29, 1.82) is 5.26 Å². The fourth-order valence-electron chi connectivity index (χ4n) is 4.26. The van der Waals surface area contributed by atoms with Crippen molar-refractivity contribution in [2.45, 2.75) is 57.0 Å². The summed E-state index contributed by atoms with van der Waals surface area (Å²) in [6.45, 7) is 2.88. The molecule has 1 aliphatic rings. The predicted molar refractivity (Wildman–Crippen MR) is 131 cm³/mol. The van der Waals surface area contributed by atoms with Crippen molar-refractivity contribution in [2.24, 2.45) is 0 Å². The van der Waals surface area contributed by atoms with Crippen molar-refractivity contribution >= 4 is 5.97 Å². The lowest BCUT2D eigenvalue weighted by Gasteiger charge is -2.28. The zero-order chi connectivity index (χ0) is 27.2. The van der Waals surface area contributed by atoms with Crippen molar-refractivity contribution in [2.75, 3.05) is 21.3 Å². The van der Waals surface area contributed by atoms with Gasteiger partial charge in [-0.15, -0.1) is 0 Å². The number of benzene rings is 2. The molecule has 0 fully saturated rings. The summed E-state index contributed by atoms with van der Waals surface area (Å²) >= 11 is 0. The molecule has 0 N–H and O–H groups in total. The molecule has 11 nitrogen and oxygen atoms in total. The van der Waals surface area contributed by atoms with Crippen LogP contribution in [0.1, 0.15) is 38.7 Å². The number of carbonyl (C=O) groups excluding carboxylic acids is 1. The van der Waals surface area contributed by atoms with Gasteiger partial charge in [0.1, 0.15) is 0 Å². The number of carbonyl (C=O) groups is 1. The molecule has 0 saturated carbocycles. The zero-order valence-corrected chi connectivity index (χ0v) is 21.4. The number of rotatable bonds is 12. The van der Waals surface area contributed by atoms with Crippen LogP contribution in [0.4, 0.5) is 0 Å². The van der Waals surface area contributed by atoms with E-state index in [1.807, 2.05) is 0 Å². The Labute approximate surface area is 214 Å². The van der Waals surface area contributed by atoms with Crippen molar-refractivity contribution in [3.63, 3.8) is 0 Å². The summed E-state index contributed by atoms with van der Waals surface area (Å²) in [4.78, 5) is 23.4. The third kappa shape index (κ3) is 6.14. The minimum Gasteiger partial charge on any atom is -0.493 e. The molecule has 198 valence electrons. The summed E-state index contributed by atoms with van der Waals surface area (Å²) in [7, 11) is 4.41. The van der Waals surface area contributed by atoms with E-state index in [9.17, 15) is 20.2 Å². The van der Waals surface area contributed by atoms with Gasteiger partial charge in [-0.3, -0.25) is 14.9 Å². The second-order valence-electron chi connectivity index (χ2n) is 8.74. The van der Waals surface area contributed by atoms with Crippen LogP contribution in [-0.2, 0) is 14.9 Å². The van der Waals surface area contributed by atoms with Crippen LogP contribution in [0.3, 0.4) is 0 Å². The number of ether oxygens (including phenoxy) is 6. The molecule has 11 heteroatoms. The van der Waals surface area contributed by atoms with E-state index < -0.39 is 34.7 Å². The highest BCUT2D eigenvalue weighted by atomic mass is 16.7. The van der Waals surface area contributed by atoms with E-state index in [4.69, 9.17) is 28.4 Å². The second kappa shape index (κ2) is 11.7. The standard InChI is InChI=1S/C26H30N2O9/c1-16(29)35-19(18(28(30)31)14-24-36-20-8-6-7-9-21(20)37-24)10-11-26(2,15-27)17-12-22(32-3)25(34-5)23(13-17)33-4/h6-9,12-13,18-19,24H,10-11,14H2,1-5H3. The average Bonchev–Trinajstić information content (AvgIpc) is 3.31. The number of hydrogen-bond acceptors (Lipinski definition) is 10. The molecule has 0 spiro atoms. The van der Waals surface area contributed by atoms with E-state index in [1.165, 1.54) is 28.3 Å². The van der Waals surface area contributed by atoms with Gasteiger partial charge in [0.2, 0.25) is 12.0 Å². The topological polar surface area (TPSA) is 139 Å². The van der Waals surface area contributed by atoms with E-state index in [2.05, 4.69) is 6.07 Å². The summed E-state index contributed by atoms with van der Waals surface area (Å²) in [6.07, 6.45) is -2.03. The molecule has 0 aliphatic carbocycles. The fraction of sp³-hybridized carbons (Fsp3) is 0.462. The first-order chi connectivity index (χ1) is 17.6. The molecule has 37 heavy (non-hydrogen) atoms. The summed E-state index contributed by atoms with van der Waals surface area (Å²) in [6, 6.07) is 11.2. The van der Waals surface area contributed by atoms with Gasteiger partial charge in [-0.2, -0.15) is 5.26 Å².